The van der Waals surface area contributed by atoms with Crippen molar-refractivity contribution in [2.75, 3.05) is 4.90 Å². The Kier molecular flexibility index (Phi) is 5.75. The molecule has 0 N–H and O–H groups in total. The van der Waals surface area contributed by atoms with Gasteiger partial charge in [0, 0.05) is 23.0 Å². The molecule has 0 radical (unpaired) electrons. The summed E-state index contributed by atoms with van der Waals surface area (Å²) in [5.41, 5.74) is 13.7. The highest BCUT2D eigenvalue weighted by Gasteiger charge is 2.47. The van der Waals surface area contributed by atoms with Gasteiger partial charge in [0.25, 0.3) is 6.71 Å². The summed E-state index contributed by atoms with van der Waals surface area (Å²) in [7, 11) is 0. The number of hydrogen-bond acceptors (Lipinski definition) is 3. The number of hydrogen-bond donors (Lipinski definition) is 0. The minimum atomic E-state index is 0.00534. The summed E-state index contributed by atoms with van der Waals surface area (Å²) in [5.74, 6) is 2.79. The largest absolute Gasteiger partial charge is 0.458 e. The summed E-state index contributed by atoms with van der Waals surface area (Å²) in [4.78, 5) is 7.40. The van der Waals surface area contributed by atoms with Crippen molar-refractivity contribution in [1.29, 1.82) is 0 Å². The van der Waals surface area contributed by atoms with Gasteiger partial charge in [-0.3, -0.25) is 4.90 Å². The van der Waals surface area contributed by atoms with Crippen LogP contribution in [0.4, 0.5) is 17.2 Å². The maximum absolute atomic E-state index is 6.84. The molecule has 0 saturated heterocycles. The second kappa shape index (κ2) is 9.71. The van der Waals surface area contributed by atoms with Crippen LogP contribution < -0.4 is 26.0 Å². The molecule has 3 aliphatic rings. The van der Waals surface area contributed by atoms with Crippen molar-refractivity contribution in [3.8, 4) is 33.8 Å². The summed E-state index contributed by atoms with van der Waals surface area (Å²) in [6.45, 7) is 9.52. The molecule has 2 aliphatic heterocycles. The fourth-order valence-corrected chi connectivity index (χ4v) is 8.51. The average molecular weight is 595 g/mol. The van der Waals surface area contributed by atoms with Gasteiger partial charge < -0.3 is 4.74 Å². The zero-order valence-corrected chi connectivity index (χ0v) is 26.7. The highest BCUT2D eigenvalue weighted by atomic mass is 16.5. The Bertz CT molecular complexity index is 2150. The molecule has 4 heteroatoms. The molecule has 9 rings (SSSR count). The van der Waals surface area contributed by atoms with E-state index in [1.807, 2.05) is 12.3 Å². The Morgan fingerprint density at radius 3 is 1.91 bits per heavy atom. The summed E-state index contributed by atoms with van der Waals surface area (Å²) < 4.78 is 6.84. The van der Waals surface area contributed by atoms with Gasteiger partial charge in [0.2, 0.25) is 0 Å². The van der Waals surface area contributed by atoms with E-state index in [0.29, 0.717) is 0 Å². The standard InChI is InChI=1S/C42H35BN2O/c1-41(2)26-42(3,4)33-25-38-35(24-32(33)41)43-34-23-30(28-13-9-6-10-14-28)17-20-36(34)45(40-39(43)37(46-38)21-22-44-40)31-18-15-29(16-19-31)27-11-7-5-8-12-27/h5-25H,26H2,1-4H3. The van der Waals surface area contributed by atoms with Crippen molar-refractivity contribution in [2.45, 2.75) is 44.9 Å². The van der Waals surface area contributed by atoms with Crippen LogP contribution in [-0.4, -0.2) is 11.7 Å². The van der Waals surface area contributed by atoms with Gasteiger partial charge in [0.15, 0.2) is 0 Å². The smallest absolute Gasteiger partial charge is 0.258 e. The van der Waals surface area contributed by atoms with Gasteiger partial charge in [-0.25, -0.2) is 4.98 Å². The molecule has 3 heterocycles. The molecule has 0 unspecified atom stereocenters. The second-order valence-corrected chi connectivity index (χ2v) is 14.3. The number of nitrogens with zero attached hydrogens (tertiary/aromatic N) is 2. The van der Waals surface area contributed by atoms with Gasteiger partial charge in [-0.2, -0.15) is 0 Å². The van der Waals surface area contributed by atoms with E-state index < -0.39 is 0 Å². The molecule has 0 fully saturated rings. The highest BCUT2D eigenvalue weighted by molar-refractivity contribution is 6.99. The van der Waals surface area contributed by atoms with Crippen LogP contribution >= 0.6 is 0 Å². The summed E-state index contributed by atoms with van der Waals surface area (Å²) in [6.07, 6.45) is 3.01. The number of pyridine rings is 1. The maximum Gasteiger partial charge on any atom is 0.258 e. The van der Waals surface area contributed by atoms with E-state index in [0.717, 1.165) is 40.6 Å². The maximum atomic E-state index is 6.84. The molecule has 0 spiro atoms. The predicted molar refractivity (Wildman–Crippen MR) is 192 cm³/mol. The molecule has 1 aromatic heterocycles. The van der Waals surface area contributed by atoms with Gasteiger partial charge in [0.1, 0.15) is 17.3 Å². The molecule has 1 aliphatic carbocycles. The molecule has 0 saturated carbocycles. The van der Waals surface area contributed by atoms with Gasteiger partial charge in [-0.1, -0.05) is 119 Å². The Hall–Kier alpha value is -5.09. The lowest BCUT2D eigenvalue weighted by molar-refractivity contribution is 0.402. The quantitative estimate of drug-likeness (QED) is 0.191. The first-order chi connectivity index (χ1) is 22.3. The number of anilines is 3. The number of benzene rings is 5. The lowest BCUT2D eigenvalue weighted by Crippen LogP contribution is -2.60. The predicted octanol–water partition coefficient (Wildman–Crippen LogP) is 8.78. The topological polar surface area (TPSA) is 25.4 Å². The van der Waals surface area contributed by atoms with Crippen LogP contribution in [0.1, 0.15) is 45.2 Å². The SMILES string of the molecule is CC1(C)CC(C)(C)c2cc3c(cc21)Oc1ccnc2c1B3c1cc(-c3ccccc3)ccc1N2c1ccc(-c2ccccc2)cc1. The average Bonchev–Trinajstić information content (AvgIpc) is 3.26. The lowest BCUT2D eigenvalue weighted by atomic mass is 9.34. The van der Waals surface area contributed by atoms with E-state index in [9.17, 15) is 0 Å². The molecule has 3 nitrogen and oxygen atoms in total. The minimum Gasteiger partial charge on any atom is -0.458 e. The van der Waals surface area contributed by atoms with Crippen molar-refractivity contribution in [1.82, 2.24) is 4.98 Å². The van der Waals surface area contributed by atoms with Crippen molar-refractivity contribution in [2.24, 2.45) is 0 Å². The second-order valence-electron chi connectivity index (χ2n) is 14.3. The third kappa shape index (κ3) is 4.02. The van der Waals surface area contributed by atoms with Gasteiger partial charge in [-0.05, 0) is 91.9 Å². The van der Waals surface area contributed by atoms with Crippen LogP contribution in [0.5, 0.6) is 11.5 Å². The normalized spacial score (nSPS) is 16.2. The van der Waals surface area contributed by atoms with Crippen molar-refractivity contribution in [3.63, 3.8) is 0 Å². The number of aromatic nitrogens is 1. The Balaban J connectivity index is 1.28. The van der Waals surface area contributed by atoms with Crippen molar-refractivity contribution >= 4 is 40.3 Å². The Labute approximate surface area is 271 Å². The Morgan fingerprint density at radius 1 is 0.609 bits per heavy atom. The third-order valence-corrected chi connectivity index (χ3v) is 10.4. The van der Waals surface area contributed by atoms with Crippen LogP contribution in [-0.2, 0) is 10.8 Å². The molecule has 6 aromatic rings. The van der Waals surface area contributed by atoms with E-state index in [1.54, 1.807) is 0 Å². The van der Waals surface area contributed by atoms with E-state index >= 15 is 0 Å². The number of ether oxygens (including phenoxy) is 1. The number of fused-ring (bicyclic) bond motifs is 5. The molecule has 46 heavy (non-hydrogen) atoms. The fraction of sp³-hybridized carbons (Fsp3) is 0.167. The minimum absolute atomic E-state index is 0.00534. The van der Waals surface area contributed by atoms with E-state index in [-0.39, 0.29) is 17.5 Å². The molecule has 0 bridgehead atoms. The highest BCUT2D eigenvalue weighted by Crippen LogP contribution is 2.51. The molecule has 5 aromatic carbocycles. The molecule has 0 amide bonds. The van der Waals surface area contributed by atoms with Crippen LogP contribution in [0.15, 0.2) is 128 Å². The summed E-state index contributed by atoms with van der Waals surface area (Å²) >= 11 is 0. The van der Waals surface area contributed by atoms with E-state index in [1.165, 1.54) is 44.3 Å². The lowest BCUT2D eigenvalue weighted by Gasteiger charge is -2.39. The first kappa shape index (κ1) is 27.2. The summed E-state index contributed by atoms with van der Waals surface area (Å²) in [6, 6.07) is 43.9. The number of rotatable bonds is 3. The van der Waals surface area contributed by atoms with Crippen LogP contribution in [0, 0.1) is 0 Å². The van der Waals surface area contributed by atoms with Crippen molar-refractivity contribution < 1.29 is 4.74 Å². The molecule has 222 valence electrons. The fourth-order valence-electron chi connectivity index (χ4n) is 8.51. The van der Waals surface area contributed by atoms with Crippen molar-refractivity contribution in [3.05, 3.63) is 139 Å². The first-order valence-corrected chi connectivity index (χ1v) is 16.3. The molecule has 0 atom stereocenters. The van der Waals surface area contributed by atoms with Gasteiger partial charge >= 0.3 is 0 Å². The molecular weight excluding hydrogens is 559 g/mol. The Morgan fingerprint density at radius 2 is 1.22 bits per heavy atom. The summed E-state index contributed by atoms with van der Waals surface area (Å²) in [5, 5.41) is 0. The van der Waals surface area contributed by atoms with Crippen LogP contribution in [0.25, 0.3) is 22.3 Å². The first-order valence-electron chi connectivity index (χ1n) is 16.3. The van der Waals surface area contributed by atoms with E-state index in [4.69, 9.17) is 9.72 Å². The van der Waals surface area contributed by atoms with Crippen LogP contribution in [0.3, 0.4) is 0 Å². The third-order valence-electron chi connectivity index (χ3n) is 10.4. The molecular formula is C42H35BN2O. The van der Waals surface area contributed by atoms with E-state index in [2.05, 4.69) is 148 Å². The van der Waals surface area contributed by atoms with Crippen LogP contribution in [0.2, 0.25) is 0 Å². The van der Waals surface area contributed by atoms with Gasteiger partial charge in [-0.15, -0.1) is 0 Å². The van der Waals surface area contributed by atoms with Gasteiger partial charge in [0.05, 0.1) is 0 Å². The monoisotopic (exact) mass is 594 g/mol. The zero-order valence-electron chi connectivity index (χ0n) is 26.7. The zero-order chi connectivity index (χ0) is 31.2.